The van der Waals surface area contributed by atoms with E-state index in [1.54, 1.807) is 0 Å². The van der Waals surface area contributed by atoms with Gasteiger partial charge in [-0.15, -0.1) is 0 Å². The van der Waals surface area contributed by atoms with Crippen molar-refractivity contribution >= 4 is 10.1 Å². The van der Waals surface area contributed by atoms with E-state index in [2.05, 4.69) is 0 Å². The smallest absolute Gasteiger partial charge is 0.264 e. The third-order valence-corrected chi connectivity index (χ3v) is 3.33. The Morgan fingerprint density at radius 1 is 1.36 bits per heavy atom. The van der Waals surface area contributed by atoms with E-state index in [0.717, 1.165) is 6.26 Å². The van der Waals surface area contributed by atoms with Gasteiger partial charge in [0.15, 0.2) is 0 Å². The lowest BCUT2D eigenvalue weighted by atomic mass is 9.66. The monoisotopic (exact) mass is 222 g/mol. The van der Waals surface area contributed by atoms with E-state index in [9.17, 15) is 8.42 Å². The highest BCUT2D eigenvalue weighted by atomic mass is 32.2. The van der Waals surface area contributed by atoms with Gasteiger partial charge in [0.25, 0.3) is 10.1 Å². The van der Waals surface area contributed by atoms with Crippen LogP contribution in [0.1, 0.15) is 27.2 Å². The molecule has 0 N–H and O–H groups in total. The Bertz CT molecular complexity index is 294. The fourth-order valence-corrected chi connectivity index (χ4v) is 2.46. The summed E-state index contributed by atoms with van der Waals surface area (Å²) in [5.41, 5.74) is -0.209. The summed E-state index contributed by atoms with van der Waals surface area (Å²) < 4.78 is 32.3. The predicted molar refractivity (Wildman–Crippen MR) is 53.5 cm³/mol. The Morgan fingerprint density at radius 2 is 1.93 bits per heavy atom. The van der Waals surface area contributed by atoms with E-state index in [1.165, 1.54) is 0 Å². The molecule has 84 valence electrons. The van der Waals surface area contributed by atoms with Crippen molar-refractivity contribution in [2.75, 3.05) is 12.9 Å². The fourth-order valence-electron chi connectivity index (χ4n) is 1.71. The van der Waals surface area contributed by atoms with Gasteiger partial charge in [-0.05, 0) is 6.92 Å². The first kappa shape index (κ1) is 11.9. The maximum absolute atomic E-state index is 10.9. The zero-order valence-electron chi connectivity index (χ0n) is 9.11. The summed E-state index contributed by atoms with van der Waals surface area (Å²) in [7, 11) is -3.35. The molecule has 1 aliphatic rings. The van der Waals surface area contributed by atoms with Crippen LogP contribution in [0, 0.1) is 5.41 Å². The van der Waals surface area contributed by atoms with Crippen LogP contribution < -0.4 is 0 Å². The molecule has 0 unspecified atom stereocenters. The average molecular weight is 222 g/mol. The lowest BCUT2D eigenvalue weighted by Crippen LogP contribution is -2.56. The van der Waals surface area contributed by atoms with Crippen molar-refractivity contribution in [1.29, 1.82) is 0 Å². The first-order valence-corrected chi connectivity index (χ1v) is 6.59. The lowest BCUT2D eigenvalue weighted by Gasteiger charge is -2.50. The average Bonchev–Trinajstić information content (AvgIpc) is 2.01. The van der Waals surface area contributed by atoms with Crippen molar-refractivity contribution in [3.8, 4) is 0 Å². The summed E-state index contributed by atoms with van der Waals surface area (Å²) in [5.74, 6) is 0. The molecule has 0 saturated heterocycles. The van der Waals surface area contributed by atoms with Gasteiger partial charge < -0.3 is 4.74 Å². The first-order valence-electron chi connectivity index (χ1n) is 4.77. The van der Waals surface area contributed by atoms with Gasteiger partial charge in [0.2, 0.25) is 0 Å². The molecule has 0 aromatic carbocycles. The minimum atomic E-state index is -3.35. The number of hydrogen-bond donors (Lipinski definition) is 0. The second-order valence-corrected chi connectivity index (χ2v) is 5.89. The number of rotatable bonds is 4. The van der Waals surface area contributed by atoms with Gasteiger partial charge in [-0.2, -0.15) is 8.42 Å². The third kappa shape index (κ3) is 2.46. The Balaban J connectivity index is 2.55. The normalized spacial score (nSPS) is 31.1. The molecule has 0 spiro atoms. The Labute approximate surface area is 85.7 Å². The second-order valence-electron chi connectivity index (χ2n) is 4.29. The third-order valence-electron chi connectivity index (χ3n) is 2.75. The molecular formula is C9H18O4S. The van der Waals surface area contributed by atoms with Crippen LogP contribution in [0.25, 0.3) is 0 Å². The number of hydrogen-bond acceptors (Lipinski definition) is 4. The van der Waals surface area contributed by atoms with Gasteiger partial charge >= 0.3 is 0 Å². The first-order chi connectivity index (χ1) is 6.27. The molecule has 0 aromatic heterocycles. The van der Waals surface area contributed by atoms with E-state index in [4.69, 9.17) is 8.92 Å². The molecule has 1 aliphatic carbocycles. The van der Waals surface area contributed by atoms with Crippen LogP contribution in [0.4, 0.5) is 0 Å². The Hall–Kier alpha value is -0.130. The Morgan fingerprint density at radius 3 is 2.29 bits per heavy atom. The summed E-state index contributed by atoms with van der Waals surface area (Å²) in [6.07, 6.45) is 1.61. The highest BCUT2D eigenvalue weighted by Crippen LogP contribution is 2.45. The van der Waals surface area contributed by atoms with Gasteiger partial charge in [0.05, 0.1) is 18.5 Å². The molecule has 14 heavy (non-hydrogen) atoms. The molecule has 0 aliphatic heterocycles. The molecular weight excluding hydrogens is 204 g/mol. The summed E-state index contributed by atoms with van der Waals surface area (Å²) in [5, 5.41) is 0. The van der Waals surface area contributed by atoms with Gasteiger partial charge in [0.1, 0.15) is 0 Å². The molecule has 2 atom stereocenters. The van der Waals surface area contributed by atoms with E-state index < -0.39 is 10.1 Å². The van der Waals surface area contributed by atoms with Crippen molar-refractivity contribution in [3.05, 3.63) is 0 Å². The standard InChI is InChI=1S/C9H18O4S/c1-5-12-7-6-8(9(7,2)3)13-14(4,10)11/h7-8H,5-6H2,1-4H3/t7-,8+/m1/s1. The van der Waals surface area contributed by atoms with E-state index in [-0.39, 0.29) is 17.6 Å². The van der Waals surface area contributed by atoms with E-state index in [0.29, 0.717) is 13.0 Å². The maximum atomic E-state index is 10.9. The molecule has 1 fully saturated rings. The molecule has 1 rings (SSSR count). The minimum absolute atomic E-state index is 0.110. The molecule has 0 radical (unpaired) electrons. The van der Waals surface area contributed by atoms with Gasteiger partial charge in [-0.3, -0.25) is 4.18 Å². The summed E-state index contributed by atoms with van der Waals surface area (Å²) >= 11 is 0. The minimum Gasteiger partial charge on any atom is -0.378 e. The maximum Gasteiger partial charge on any atom is 0.264 e. The largest absolute Gasteiger partial charge is 0.378 e. The topological polar surface area (TPSA) is 52.6 Å². The van der Waals surface area contributed by atoms with Crippen molar-refractivity contribution in [1.82, 2.24) is 0 Å². The van der Waals surface area contributed by atoms with Gasteiger partial charge in [-0.25, -0.2) is 0 Å². The van der Waals surface area contributed by atoms with Crippen molar-refractivity contribution in [2.45, 2.75) is 39.4 Å². The highest BCUT2D eigenvalue weighted by molar-refractivity contribution is 7.86. The van der Waals surface area contributed by atoms with Crippen LogP contribution >= 0.6 is 0 Å². The predicted octanol–water partition coefficient (Wildman–Crippen LogP) is 1.17. The molecule has 0 aromatic rings. The second kappa shape index (κ2) is 3.79. The van der Waals surface area contributed by atoms with Crippen LogP contribution in [0.5, 0.6) is 0 Å². The van der Waals surface area contributed by atoms with Crippen molar-refractivity contribution < 1.29 is 17.3 Å². The van der Waals surface area contributed by atoms with Crippen LogP contribution in [0.15, 0.2) is 0 Å². The van der Waals surface area contributed by atoms with Crippen molar-refractivity contribution in [2.24, 2.45) is 5.41 Å². The molecule has 5 heteroatoms. The van der Waals surface area contributed by atoms with Crippen LogP contribution in [-0.4, -0.2) is 33.5 Å². The van der Waals surface area contributed by atoms with E-state index >= 15 is 0 Å². The van der Waals surface area contributed by atoms with Gasteiger partial charge in [0, 0.05) is 18.4 Å². The van der Waals surface area contributed by atoms with Crippen LogP contribution in [0.3, 0.4) is 0 Å². The quantitative estimate of drug-likeness (QED) is 0.670. The fraction of sp³-hybridized carbons (Fsp3) is 1.00. The summed E-state index contributed by atoms with van der Waals surface area (Å²) in [6, 6.07) is 0. The van der Waals surface area contributed by atoms with Gasteiger partial charge in [-0.1, -0.05) is 13.8 Å². The van der Waals surface area contributed by atoms with Crippen LogP contribution in [0.2, 0.25) is 0 Å². The molecule has 0 amide bonds. The molecule has 0 heterocycles. The zero-order chi connectivity index (χ0) is 11.0. The number of ether oxygens (including phenoxy) is 1. The molecule has 4 nitrogen and oxygen atoms in total. The van der Waals surface area contributed by atoms with Crippen LogP contribution in [-0.2, 0) is 19.0 Å². The Kier molecular flexibility index (Phi) is 3.23. The molecule has 1 saturated carbocycles. The van der Waals surface area contributed by atoms with Crippen molar-refractivity contribution in [3.63, 3.8) is 0 Å². The lowest BCUT2D eigenvalue weighted by molar-refractivity contribution is -0.160. The zero-order valence-corrected chi connectivity index (χ0v) is 9.93. The SMILES string of the molecule is CCO[C@@H]1C[C@H](OS(C)(=O)=O)C1(C)C. The van der Waals surface area contributed by atoms with E-state index in [1.807, 2.05) is 20.8 Å². The summed E-state index contributed by atoms with van der Waals surface area (Å²) in [6.45, 7) is 6.51. The molecule has 0 bridgehead atoms. The highest BCUT2D eigenvalue weighted by Gasteiger charge is 2.51. The summed E-state index contributed by atoms with van der Waals surface area (Å²) in [4.78, 5) is 0.